The second kappa shape index (κ2) is 13.8. The van der Waals surface area contributed by atoms with Crippen molar-refractivity contribution >= 4 is 29.7 Å². The lowest BCUT2D eigenvalue weighted by atomic mass is 10.0. The summed E-state index contributed by atoms with van der Waals surface area (Å²) in [6.45, 7) is 3.36. The SMILES string of the molecule is COC(=O)CC(NC(=O)[C@@H](C)NC(=O)C(NC(=O)OCc1ccccc1)C(C)C)C(=O)CF. The highest BCUT2D eigenvalue weighted by Crippen LogP contribution is 2.06. The summed E-state index contributed by atoms with van der Waals surface area (Å²) < 4.78 is 22.3. The van der Waals surface area contributed by atoms with Crippen molar-refractivity contribution in [2.45, 2.75) is 51.9 Å². The smallest absolute Gasteiger partial charge is 0.408 e. The maximum atomic E-state index is 12.8. The van der Waals surface area contributed by atoms with Crippen LogP contribution in [0.5, 0.6) is 0 Å². The van der Waals surface area contributed by atoms with Crippen LogP contribution in [0.2, 0.25) is 0 Å². The molecule has 0 aliphatic heterocycles. The minimum absolute atomic E-state index is 0.0160. The summed E-state index contributed by atoms with van der Waals surface area (Å²) in [6.07, 6.45) is -1.36. The Bertz CT molecular complexity index is 833. The monoisotopic (exact) mass is 467 g/mol. The first-order valence-electron chi connectivity index (χ1n) is 10.3. The minimum Gasteiger partial charge on any atom is -0.469 e. The molecule has 0 spiro atoms. The molecule has 3 N–H and O–H groups in total. The van der Waals surface area contributed by atoms with E-state index in [1.807, 2.05) is 6.07 Å². The van der Waals surface area contributed by atoms with Crippen LogP contribution in [0.1, 0.15) is 32.8 Å². The van der Waals surface area contributed by atoms with Gasteiger partial charge < -0.3 is 25.4 Å². The Morgan fingerprint density at radius 1 is 0.939 bits per heavy atom. The number of alkyl carbamates (subject to hydrolysis) is 1. The molecule has 0 heterocycles. The Hall–Kier alpha value is -3.50. The standard InChI is InChI=1S/C22H30FN3O7/c1-13(2)19(26-22(31)33-12-15-8-6-5-7-9-15)21(30)24-14(3)20(29)25-16(17(27)11-23)10-18(28)32-4/h5-9,13-14,16,19H,10-12H2,1-4H3,(H,24,30)(H,25,29)(H,26,31)/t14-,16?,19?/m1/s1. The molecule has 3 atom stereocenters. The van der Waals surface area contributed by atoms with Gasteiger partial charge in [-0.15, -0.1) is 0 Å². The average Bonchev–Trinajstić information content (AvgIpc) is 2.80. The number of nitrogens with one attached hydrogen (secondary N) is 3. The number of ketones is 1. The molecule has 0 fully saturated rings. The molecule has 182 valence electrons. The maximum Gasteiger partial charge on any atom is 0.408 e. The van der Waals surface area contributed by atoms with E-state index in [0.29, 0.717) is 0 Å². The Balaban J connectivity index is 2.68. The van der Waals surface area contributed by atoms with Crippen LogP contribution < -0.4 is 16.0 Å². The first-order valence-corrected chi connectivity index (χ1v) is 10.3. The molecule has 0 radical (unpaired) electrons. The number of hydrogen-bond donors (Lipinski definition) is 3. The number of hydrogen-bond acceptors (Lipinski definition) is 7. The third-order valence-corrected chi connectivity index (χ3v) is 4.62. The van der Waals surface area contributed by atoms with Gasteiger partial charge in [0.25, 0.3) is 0 Å². The lowest BCUT2D eigenvalue weighted by Gasteiger charge is -2.24. The summed E-state index contributed by atoms with van der Waals surface area (Å²) in [5.41, 5.74) is 0.771. The number of carbonyl (C=O) groups is 5. The molecular weight excluding hydrogens is 437 g/mol. The van der Waals surface area contributed by atoms with Crippen molar-refractivity contribution in [3.05, 3.63) is 35.9 Å². The highest BCUT2D eigenvalue weighted by atomic mass is 19.1. The second-order valence-electron chi connectivity index (χ2n) is 7.60. The average molecular weight is 467 g/mol. The van der Waals surface area contributed by atoms with E-state index in [0.717, 1.165) is 12.7 Å². The van der Waals surface area contributed by atoms with Crippen LogP contribution in [0.4, 0.5) is 9.18 Å². The first kappa shape index (κ1) is 27.5. The van der Waals surface area contributed by atoms with Crippen LogP contribution in [-0.4, -0.2) is 61.6 Å². The molecule has 3 amide bonds. The van der Waals surface area contributed by atoms with Crippen molar-refractivity contribution in [1.82, 2.24) is 16.0 Å². The van der Waals surface area contributed by atoms with Crippen LogP contribution >= 0.6 is 0 Å². The van der Waals surface area contributed by atoms with Crippen molar-refractivity contribution in [3.8, 4) is 0 Å². The fourth-order valence-electron chi connectivity index (χ4n) is 2.68. The van der Waals surface area contributed by atoms with Crippen molar-refractivity contribution in [1.29, 1.82) is 0 Å². The van der Waals surface area contributed by atoms with Gasteiger partial charge in [-0.1, -0.05) is 44.2 Å². The summed E-state index contributed by atoms with van der Waals surface area (Å²) in [6, 6.07) is 5.39. The van der Waals surface area contributed by atoms with Crippen LogP contribution in [0, 0.1) is 5.92 Å². The Kier molecular flexibility index (Phi) is 11.5. The number of rotatable bonds is 12. The lowest BCUT2D eigenvalue weighted by molar-refractivity contribution is -0.143. The largest absolute Gasteiger partial charge is 0.469 e. The van der Waals surface area contributed by atoms with E-state index >= 15 is 0 Å². The molecule has 33 heavy (non-hydrogen) atoms. The molecule has 0 aromatic heterocycles. The summed E-state index contributed by atoms with van der Waals surface area (Å²) in [5.74, 6) is -3.63. The van der Waals surface area contributed by atoms with Gasteiger partial charge in [-0.25, -0.2) is 9.18 Å². The zero-order valence-corrected chi connectivity index (χ0v) is 19.1. The molecule has 0 saturated heterocycles. The molecule has 0 aliphatic carbocycles. The molecule has 11 heteroatoms. The maximum absolute atomic E-state index is 12.8. The van der Waals surface area contributed by atoms with E-state index in [2.05, 4.69) is 20.7 Å². The van der Waals surface area contributed by atoms with Crippen molar-refractivity contribution in [2.24, 2.45) is 5.92 Å². The van der Waals surface area contributed by atoms with E-state index in [9.17, 15) is 28.4 Å². The van der Waals surface area contributed by atoms with Crippen LogP contribution in [0.15, 0.2) is 30.3 Å². The quantitative estimate of drug-likeness (QED) is 0.390. The summed E-state index contributed by atoms with van der Waals surface area (Å²) >= 11 is 0. The fraction of sp³-hybridized carbons (Fsp3) is 0.500. The number of carbonyl (C=O) groups excluding carboxylic acids is 5. The number of ether oxygens (including phenoxy) is 2. The molecule has 1 rings (SSSR count). The molecule has 1 aromatic carbocycles. The topological polar surface area (TPSA) is 140 Å². The summed E-state index contributed by atoms with van der Waals surface area (Å²) in [7, 11) is 1.09. The van der Waals surface area contributed by atoms with Gasteiger partial charge in [0.1, 0.15) is 31.4 Å². The van der Waals surface area contributed by atoms with E-state index in [4.69, 9.17) is 4.74 Å². The van der Waals surface area contributed by atoms with Crippen LogP contribution in [-0.2, 0) is 35.3 Å². The summed E-state index contributed by atoms with van der Waals surface area (Å²) in [5, 5.41) is 7.12. The zero-order valence-electron chi connectivity index (χ0n) is 19.1. The highest BCUT2D eigenvalue weighted by molar-refractivity contribution is 5.96. The Morgan fingerprint density at radius 2 is 1.58 bits per heavy atom. The van der Waals surface area contributed by atoms with E-state index in [1.54, 1.807) is 38.1 Å². The molecule has 1 aromatic rings. The van der Waals surface area contributed by atoms with Gasteiger partial charge >= 0.3 is 12.1 Å². The Labute approximate surface area is 191 Å². The van der Waals surface area contributed by atoms with E-state index < -0.39 is 60.9 Å². The third-order valence-electron chi connectivity index (χ3n) is 4.62. The predicted octanol–water partition coefficient (Wildman–Crippen LogP) is 1.03. The molecule has 2 unspecified atom stereocenters. The summed E-state index contributed by atoms with van der Waals surface area (Å²) in [4.78, 5) is 60.3. The van der Waals surface area contributed by atoms with Gasteiger partial charge in [-0.3, -0.25) is 19.2 Å². The highest BCUT2D eigenvalue weighted by Gasteiger charge is 2.30. The Morgan fingerprint density at radius 3 is 2.12 bits per heavy atom. The number of benzene rings is 1. The van der Waals surface area contributed by atoms with Gasteiger partial charge in [0.05, 0.1) is 13.5 Å². The molecule has 0 saturated carbocycles. The minimum atomic E-state index is -1.43. The van der Waals surface area contributed by atoms with Crippen molar-refractivity contribution < 1.29 is 37.8 Å². The van der Waals surface area contributed by atoms with Gasteiger partial charge in [0.15, 0.2) is 5.78 Å². The van der Waals surface area contributed by atoms with E-state index in [-0.39, 0.29) is 12.5 Å². The van der Waals surface area contributed by atoms with Crippen LogP contribution in [0.25, 0.3) is 0 Å². The normalized spacial score (nSPS) is 13.3. The van der Waals surface area contributed by atoms with Crippen molar-refractivity contribution in [3.63, 3.8) is 0 Å². The molecular formula is C22H30FN3O7. The molecule has 0 aliphatic rings. The van der Waals surface area contributed by atoms with Gasteiger partial charge in [0, 0.05) is 0 Å². The fourth-order valence-corrected chi connectivity index (χ4v) is 2.68. The van der Waals surface area contributed by atoms with Gasteiger partial charge in [-0.05, 0) is 18.4 Å². The van der Waals surface area contributed by atoms with Gasteiger partial charge in [0.2, 0.25) is 11.8 Å². The second-order valence-corrected chi connectivity index (χ2v) is 7.60. The number of Topliss-reactive ketones (excluding diaryl/α,β-unsaturated/α-hetero) is 1. The zero-order chi connectivity index (χ0) is 25.0. The number of amides is 3. The van der Waals surface area contributed by atoms with Crippen molar-refractivity contribution in [2.75, 3.05) is 13.8 Å². The van der Waals surface area contributed by atoms with Gasteiger partial charge in [-0.2, -0.15) is 0 Å². The van der Waals surface area contributed by atoms with E-state index in [1.165, 1.54) is 6.92 Å². The third kappa shape index (κ3) is 9.67. The number of methoxy groups -OCH3 is 1. The number of alkyl halides is 1. The number of halogens is 1. The predicted molar refractivity (Wildman–Crippen MR) is 116 cm³/mol. The number of esters is 1. The van der Waals surface area contributed by atoms with Crippen LogP contribution in [0.3, 0.4) is 0 Å². The molecule has 10 nitrogen and oxygen atoms in total. The molecule has 0 bridgehead atoms. The first-order chi connectivity index (χ1) is 15.6. The lowest BCUT2D eigenvalue weighted by Crippen LogP contribution is -2.56.